The lowest BCUT2D eigenvalue weighted by atomic mass is 10.1. The topological polar surface area (TPSA) is 45.7 Å². The molecule has 0 N–H and O–H groups in total. The summed E-state index contributed by atoms with van der Waals surface area (Å²) in [7, 11) is 1.44. The predicted octanol–water partition coefficient (Wildman–Crippen LogP) is 1.32. The second-order valence-corrected chi connectivity index (χ2v) is 5.13. The summed E-state index contributed by atoms with van der Waals surface area (Å²) in [4.78, 5) is 20.3. The Hall–Kier alpha value is -1.46. The Labute approximate surface area is 120 Å². The first kappa shape index (κ1) is 14.9. The second kappa shape index (κ2) is 7.36. The third-order valence-corrected chi connectivity index (χ3v) is 3.93. The van der Waals surface area contributed by atoms with Crippen LogP contribution in [0, 0.1) is 0 Å². The van der Waals surface area contributed by atoms with Crippen LogP contribution < -0.4 is 0 Å². The molecule has 0 unspecified atom stereocenters. The Morgan fingerprint density at radius 3 is 2.70 bits per heavy atom. The summed E-state index contributed by atoms with van der Waals surface area (Å²) in [5.74, 6) is -0.130. The standard InChI is InChI=1S/C15H23N3O2/c1-13(14-5-3-4-7-16-14)18-11-9-17(10-12-18)8-6-15(19)20-2/h3-5,7,13H,6,8-12H2,1-2H3/t13-/m1/s1. The monoisotopic (exact) mass is 277 g/mol. The van der Waals surface area contributed by atoms with E-state index < -0.39 is 0 Å². The average molecular weight is 277 g/mol. The van der Waals surface area contributed by atoms with Gasteiger partial charge in [-0.3, -0.25) is 14.7 Å². The largest absolute Gasteiger partial charge is 0.469 e. The molecule has 110 valence electrons. The van der Waals surface area contributed by atoms with Crippen molar-refractivity contribution in [3.63, 3.8) is 0 Å². The highest BCUT2D eigenvalue weighted by Gasteiger charge is 2.22. The molecule has 1 aliphatic rings. The molecule has 1 atom stereocenters. The SMILES string of the molecule is COC(=O)CCN1CCN([C@H](C)c2ccccn2)CC1. The molecule has 0 spiro atoms. The van der Waals surface area contributed by atoms with Gasteiger partial charge in [0.05, 0.1) is 19.2 Å². The molecule has 0 bridgehead atoms. The number of ether oxygens (including phenoxy) is 1. The normalized spacial score (nSPS) is 18.7. The van der Waals surface area contributed by atoms with Crippen LogP contribution in [0.1, 0.15) is 25.1 Å². The minimum atomic E-state index is -0.130. The van der Waals surface area contributed by atoms with Crippen molar-refractivity contribution in [2.45, 2.75) is 19.4 Å². The van der Waals surface area contributed by atoms with Crippen molar-refractivity contribution < 1.29 is 9.53 Å². The van der Waals surface area contributed by atoms with Crippen LogP contribution in [0.5, 0.6) is 0 Å². The summed E-state index contributed by atoms with van der Waals surface area (Å²) in [6, 6.07) is 6.40. The summed E-state index contributed by atoms with van der Waals surface area (Å²) in [6.45, 7) is 7.01. The number of hydrogen-bond donors (Lipinski definition) is 0. The van der Waals surface area contributed by atoms with E-state index in [4.69, 9.17) is 0 Å². The number of piperazine rings is 1. The van der Waals surface area contributed by atoms with Crippen molar-refractivity contribution in [2.75, 3.05) is 39.8 Å². The quantitative estimate of drug-likeness (QED) is 0.760. The molecule has 2 rings (SSSR count). The van der Waals surface area contributed by atoms with Crippen molar-refractivity contribution >= 4 is 5.97 Å². The van der Waals surface area contributed by atoms with Crippen molar-refractivity contribution in [3.8, 4) is 0 Å². The van der Waals surface area contributed by atoms with Crippen LogP contribution in [-0.2, 0) is 9.53 Å². The van der Waals surface area contributed by atoms with Gasteiger partial charge < -0.3 is 9.64 Å². The fourth-order valence-corrected chi connectivity index (χ4v) is 2.54. The zero-order chi connectivity index (χ0) is 14.4. The van der Waals surface area contributed by atoms with Crippen LogP contribution in [0.4, 0.5) is 0 Å². The number of esters is 1. The number of pyridine rings is 1. The van der Waals surface area contributed by atoms with Crippen molar-refractivity contribution in [3.05, 3.63) is 30.1 Å². The molecule has 0 aliphatic carbocycles. The van der Waals surface area contributed by atoms with Gasteiger partial charge in [-0.2, -0.15) is 0 Å². The summed E-state index contributed by atoms with van der Waals surface area (Å²) in [5.41, 5.74) is 1.12. The molecule has 20 heavy (non-hydrogen) atoms. The number of nitrogens with zero attached hydrogens (tertiary/aromatic N) is 3. The molecule has 1 saturated heterocycles. The molecule has 1 aliphatic heterocycles. The lowest BCUT2D eigenvalue weighted by molar-refractivity contribution is -0.141. The van der Waals surface area contributed by atoms with E-state index >= 15 is 0 Å². The van der Waals surface area contributed by atoms with E-state index in [0.717, 1.165) is 38.4 Å². The Balaban J connectivity index is 1.78. The van der Waals surface area contributed by atoms with Crippen LogP contribution in [0.25, 0.3) is 0 Å². The lowest BCUT2D eigenvalue weighted by Gasteiger charge is -2.37. The van der Waals surface area contributed by atoms with E-state index in [2.05, 4.69) is 32.5 Å². The van der Waals surface area contributed by atoms with E-state index in [1.54, 1.807) is 0 Å². The Morgan fingerprint density at radius 2 is 2.10 bits per heavy atom. The number of carbonyl (C=O) groups is 1. The maximum absolute atomic E-state index is 11.1. The predicted molar refractivity (Wildman–Crippen MR) is 77.3 cm³/mol. The lowest BCUT2D eigenvalue weighted by Crippen LogP contribution is -2.47. The van der Waals surface area contributed by atoms with Gasteiger partial charge in [-0.25, -0.2) is 0 Å². The zero-order valence-corrected chi connectivity index (χ0v) is 12.3. The van der Waals surface area contributed by atoms with Gasteiger partial charge in [0.15, 0.2) is 0 Å². The fourth-order valence-electron chi connectivity index (χ4n) is 2.54. The maximum atomic E-state index is 11.1. The van der Waals surface area contributed by atoms with Gasteiger partial charge in [0.2, 0.25) is 0 Å². The van der Waals surface area contributed by atoms with Crippen LogP contribution in [0.2, 0.25) is 0 Å². The smallest absolute Gasteiger partial charge is 0.306 e. The van der Waals surface area contributed by atoms with Crippen molar-refractivity contribution in [1.82, 2.24) is 14.8 Å². The summed E-state index contributed by atoms with van der Waals surface area (Å²) >= 11 is 0. The molecule has 1 aromatic rings. The number of rotatable bonds is 5. The summed E-state index contributed by atoms with van der Waals surface area (Å²) in [6.07, 6.45) is 2.32. The number of hydrogen-bond acceptors (Lipinski definition) is 5. The zero-order valence-electron chi connectivity index (χ0n) is 12.3. The first-order valence-corrected chi connectivity index (χ1v) is 7.15. The summed E-state index contributed by atoms with van der Waals surface area (Å²) < 4.78 is 4.67. The fraction of sp³-hybridized carbons (Fsp3) is 0.600. The van der Waals surface area contributed by atoms with E-state index in [9.17, 15) is 4.79 Å². The molecule has 5 nitrogen and oxygen atoms in total. The first-order chi connectivity index (χ1) is 9.70. The molecule has 0 saturated carbocycles. The van der Waals surface area contributed by atoms with Crippen molar-refractivity contribution in [2.24, 2.45) is 0 Å². The van der Waals surface area contributed by atoms with E-state index in [1.807, 2.05) is 18.3 Å². The van der Waals surface area contributed by atoms with E-state index in [1.165, 1.54) is 7.11 Å². The van der Waals surface area contributed by atoms with E-state index in [0.29, 0.717) is 12.5 Å². The van der Waals surface area contributed by atoms with Crippen LogP contribution in [-0.4, -0.2) is 60.6 Å². The Kier molecular flexibility index (Phi) is 5.49. The molecule has 0 radical (unpaired) electrons. The highest BCUT2D eigenvalue weighted by Crippen LogP contribution is 2.19. The van der Waals surface area contributed by atoms with Crippen molar-refractivity contribution in [1.29, 1.82) is 0 Å². The van der Waals surface area contributed by atoms with E-state index in [-0.39, 0.29) is 5.97 Å². The van der Waals surface area contributed by atoms with Gasteiger partial charge in [-0.1, -0.05) is 6.07 Å². The third-order valence-electron chi connectivity index (χ3n) is 3.93. The minimum Gasteiger partial charge on any atom is -0.469 e. The highest BCUT2D eigenvalue weighted by atomic mass is 16.5. The van der Waals surface area contributed by atoms with Gasteiger partial charge in [-0.15, -0.1) is 0 Å². The van der Waals surface area contributed by atoms with Gasteiger partial charge >= 0.3 is 5.97 Å². The van der Waals surface area contributed by atoms with Gasteiger partial charge in [0, 0.05) is 45.0 Å². The maximum Gasteiger partial charge on any atom is 0.306 e. The van der Waals surface area contributed by atoms with Gasteiger partial charge in [0.25, 0.3) is 0 Å². The van der Waals surface area contributed by atoms with Gasteiger partial charge in [-0.05, 0) is 19.1 Å². The number of aromatic nitrogens is 1. The molecule has 0 aromatic carbocycles. The number of carbonyl (C=O) groups excluding carboxylic acids is 1. The third kappa shape index (κ3) is 4.02. The summed E-state index contributed by atoms with van der Waals surface area (Å²) in [5, 5.41) is 0. The van der Waals surface area contributed by atoms with Crippen LogP contribution in [0.15, 0.2) is 24.4 Å². The Morgan fingerprint density at radius 1 is 1.35 bits per heavy atom. The highest BCUT2D eigenvalue weighted by molar-refractivity contribution is 5.69. The molecule has 5 heteroatoms. The minimum absolute atomic E-state index is 0.130. The second-order valence-electron chi connectivity index (χ2n) is 5.13. The molecule has 2 heterocycles. The first-order valence-electron chi connectivity index (χ1n) is 7.15. The molecular formula is C15H23N3O2. The Bertz CT molecular complexity index is 416. The van der Waals surface area contributed by atoms with Crippen LogP contribution >= 0.6 is 0 Å². The number of methoxy groups -OCH3 is 1. The molecule has 1 aromatic heterocycles. The average Bonchev–Trinajstić information content (AvgIpc) is 2.53. The molecule has 0 amide bonds. The molecular weight excluding hydrogens is 254 g/mol. The van der Waals surface area contributed by atoms with Crippen LogP contribution in [0.3, 0.4) is 0 Å². The van der Waals surface area contributed by atoms with Gasteiger partial charge in [0.1, 0.15) is 0 Å². The molecule has 1 fully saturated rings.